The lowest BCUT2D eigenvalue weighted by Gasteiger charge is -2.30. The summed E-state index contributed by atoms with van der Waals surface area (Å²) in [6.07, 6.45) is 16.6. The Hall–Kier alpha value is -0.860. The number of hydrogen-bond donors (Lipinski definition) is 0. The topological polar surface area (TPSA) is 30.7 Å². The maximum Gasteiger partial charge on any atom is 0.137 e. The fourth-order valence-electron chi connectivity index (χ4n) is 2.71. The van der Waals surface area contributed by atoms with Crippen molar-refractivity contribution in [1.82, 2.24) is 14.8 Å². The zero-order valence-corrected chi connectivity index (χ0v) is 13.1. The molecule has 1 rings (SSSR count). The minimum atomic E-state index is 0.165. The Labute approximate surface area is 118 Å². The van der Waals surface area contributed by atoms with Crippen LogP contribution in [0.3, 0.4) is 0 Å². The summed E-state index contributed by atoms with van der Waals surface area (Å²) in [6.45, 7) is 6.88. The van der Waals surface area contributed by atoms with E-state index in [1.54, 1.807) is 6.33 Å². The quantitative estimate of drug-likeness (QED) is 0.531. The zero-order chi connectivity index (χ0) is 14.0. The molecule has 0 amide bonds. The average Bonchev–Trinajstić information content (AvgIpc) is 2.95. The summed E-state index contributed by atoms with van der Waals surface area (Å²) < 4.78 is 2.09. The third-order valence-corrected chi connectivity index (χ3v) is 4.11. The fourth-order valence-corrected chi connectivity index (χ4v) is 2.71. The minimum Gasteiger partial charge on any atom is -0.247 e. The van der Waals surface area contributed by atoms with Crippen LogP contribution in [0.4, 0.5) is 0 Å². The first-order valence-corrected chi connectivity index (χ1v) is 8.08. The third kappa shape index (κ3) is 5.75. The van der Waals surface area contributed by atoms with E-state index in [9.17, 15) is 0 Å². The van der Waals surface area contributed by atoms with Crippen molar-refractivity contribution < 1.29 is 0 Å². The molecule has 3 nitrogen and oxygen atoms in total. The fraction of sp³-hybridized carbons (Fsp3) is 0.875. The van der Waals surface area contributed by atoms with Crippen LogP contribution in [0.2, 0.25) is 0 Å². The molecule has 19 heavy (non-hydrogen) atoms. The molecule has 3 heteroatoms. The second kappa shape index (κ2) is 9.11. The Morgan fingerprint density at radius 2 is 1.47 bits per heavy atom. The van der Waals surface area contributed by atoms with E-state index in [1.165, 1.54) is 64.2 Å². The van der Waals surface area contributed by atoms with E-state index in [0.717, 1.165) is 0 Å². The van der Waals surface area contributed by atoms with Gasteiger partial charge < -0.3 is 0 Å². The first-order valence-electron chi connectivity index (χ1n) is 8.08. The molecule has 0 radical (unpaired) electrons. The summed E-state index contributed by atoms with van der Waals surface area (Å²) in [7, 11) is 0. The van der Waals surface area contributed by atoms with Gasteiger partial charge in [-0.25, -0.2) is 9.67 Å². The largest absolute Gasteiger partial charge is 0.247 e. The molecule has 0 aliphatic heterocycles. The number of aromatic nitrogens is 3. The molecule has 0 aliphatic carbocycles. The van der Waals surface area contributed by atoms with Crippen LogP contribution >= 0.6 is 0 Å². The first kappa shape index (κ1) is 16.2. The summed E-state index contributed by atoms with van der Waals surface area (Å²) >= 11 is 0. The highest BCUT2D eigenvalue weighted by Crippen LogP contribution is 2.29. The van der Waals surface area contributed by atoms with Gasteiger partial charge in [0.1, 0.15) is 12.7 Å². The molecule has 110 valence electrons. The van der Waals surface area contributed by atoms with Gasteiger partial charge in [0.2, 0.25) is 0 Å². The minimum absolute atomic E-state index is 0.165. The number of unbranched alkanes of at least 4 members (excludes halogenated alkanes) is 6. The summed E-state index contributed by atoms with van der Waals surface area (Å²) in [5, 5.41) is 4.39. The van der Waals surface area contributed by atoms with Crippen molar-refractivity contribution in [3.05, 3.63) is 12.7 Å². The molecular formula is C16H31N3. The van der Waals surface area contributed by atoms with Crippen LogP contribution in [0, 0.1) is 0 Å². The van der Waals surface area contributed by atoms with E-state index in [1.807, 2.05) is 6.33 Å². The Bertz CT molecular complexity index is 294. The SMILES string of the molecule is CCCCCCC(C)(CCCCCC)n1cncn1. The Morgan fingerprint density at radius 1 is 0.895 bits per heavy atom. The van der Waals surface area contributed by atoms with Crippen LogP contribution in [0.25, 0.3) is 0 Å². The van der Waals surface area contributed by atoms with E-state index < -0.39 is 0 Å². The summed E-state index contributed by atoms with van der Waals surface area (Å²) in [5.41, 5.74) is 0.165. The molecule has 0 aromatic carbocycles. The van der Waals surface area contributed by atoms with Crippen molar-refractivity contribution in [2.24, 2.45) is 0 Å². The maximum absolute atomic E-state index is 4.39. The molecule has 1 heterocycles. The molecule has 1 aromatic heterocycles. The van der Waals surface area contributed by atoms with Gasteiger partial charge in [-0.3, -0.25) is 0 Å². The van der Waals surface area contributed by atoms with Gasteiger partial charge in [-0.1, -0.05) is 65.2 Å². The van der Waals surface area contributed by atoms with E-state index in [0.29, 0.717) is 0 Å². The smallest absolute Gasteiger partial charge is 0.137 e. The lowest BCUT2D eigenvalue weighted by Crippen LogP contribution is -2.30. The van der Waals surface area contributed by atoms with E-state index in [2.05, 4.69) is 35.5 Å². The normalized spacial score (nSPS) is 11.9. The summed E-state index contributed by atoms with van der Waals surface area (Å²) in [4.78, 5) is 4.13. The van der Waals surface area contributed by atoms with Crippen molar-refractivity contribution in [3.63, 3.8) is 0 Å². The third-order valence-electron chi connectivity index (χ3n) is 4.11. The molecule has 0 atom stereocenters. The molecule has 0 unspecified atom stereocenters. The zero-order valence-electron chi connectivity index (χ0n) is 13.1. The van der Waals surface area contributed by atoms with Crippen LogP contribution in [0.15, 0.2) is 12.7 Å². The van der Waals surface area contributed by atoms with Gasteiger partial charge >= 0.3 is 0 Å². The predicted octanol–water partition coefficient (Wildman–Crippen LogP) is 4.93. The lowest BCUT2D eigenvalue weighted by atomic mass is 9.88. The van der Waals surface area contributed by atoms with Crippen molar-refractivity contribution in [1.29, 1.82) is 0 Å². The molecule has 0 aliphatic rings. The van der Waals surface area contributed by atoms with E-state index in [-0.39, 0.29) is 5.54 Å². The van der Waals surface area contributed by atoms with Gasteiger partial charge in [-0.15, -0.1) is 0 Å². The Balaban J connectivity index is 2.47. The highest BCUT2D eigenvalue weighted by Gasteiger charge is 2.26. The van der Waals surface area contributed by atoms with Crippen molar-refractivity contribution in [3.8, 4) is 0 Å². The van der Waals surface area contributed by atoms with Gasteiger partial charge in [0, 0.05) is 0 Å². The van der Waals surface area contributed by atoms with Gasteiger partial charge in [0.15, 0.2) is 0 Å². The molecular weight excluding hydrogens is 234 g/mol. The van der Waals surface area contributed by atoms with E-state index >= 15 is 0 Å². The van der Waals surface area contributed by atoms with Crippen LogP contribution < -0.4 is 0 Å². The van der Waals surface area contributed by atoms with Crippen LogP contribution in [0.1, 0.15) is 85.0 Å². The van der Waals surface area contributed by atoms with Gasteiger partial charge in [0.05, 0.1) is 5.54 Å². The standard InChI is InChI=1S/C16H31N3/c1-4-6-8-10-12-16(3,13-11-9-7-5-2)19-15-17-14-18-19/h14-15H,4-13H2,1-3H3. The number of hydrogen-bond acceptors (Lipinski definition) is 2. The van der Waals surface area contributed by atoms with Crippen molar-refractivity contribution in [2.45, 2.75) is 90.5 Å². The monoisotopic (exact) mass is 265 g/mol. The highest BCUT2D eigenvalue weighted by molar-refractivity contribution is 4.81. The maximum atomic E-state index is 4.39. The van der Waals surface area contributed by atoms with Crippen molar-refractivity contribution in [2.75, 3.05) is 0 Å². The average molecular weight is 265 g/mol. The van der Waals surface area contributed by atoms with Crippen LogP contribution in [-0.2, 0) is 5.54 Å². The van der Waals surface area contributed by atoms with Crippen LogP contribution in [-0.4, -0.2) is 14.8 Å². The molecule has 0 N–H and O–H groups in total. The summed E-state index contributed by atoms with van der Waals surface area (Å²) in [5.74, 6) is 0. The summed E-state index contributed by atoms with van der Waals surface area (Å²) in [6, 6.07) is 0. The highest BCUT2D eigenvalue weighted by atomic mass is 15.3. The Morgan fingerprint density at radius 3 is 1.89 bits per heavy atom. The molecule has 1 aromatic rings. The first-order chi connectivity index (χ1) is 9.23. The predicted molar refractivity (Wildman–Crippen MR) is 81.2 cm³/mol. The second-order valence-electron chi connectivity index (χ2n) is 5.96. The Kier molecular flexibility index (Phi) is 7.76. The number of nitrogens with zero attached hydrogens (tertiary/aromatic N) is 3. The molecule has 0 bridgehead atoms. The molecule has 0 saturated heterocycles. The van der Waals surface area contributed by atoms with Gasteiger partial charge in [-0.2, -0.15) is 5.10 Å². The van der Waals surface area contributed by atoms with Gasteiger partial charge in [0.25, 0.3) is 0 Å². The number of rotatable bonds is 11. The molecule has 0 spiro atoms. The lowest BCUT2D eigenvalue weighted by molar-refractivity contribution is 0.226. The van der Waals surface area contributed by atoms with E-state index in [4.69, 9.17) is 0 Å². The van der Waals surface area contributed by atoms with Crippen LogP contribution in [0.5, 0.6) is 0 Å². The second-order valence-corrected chi connectivity index (χ2v) is 5.96. The molecule has 0 saturated carbocycles. The van der Waals surface area contributed by atoms with Gasteiger partial charge in [-0.05, 0) is 19.8 Å². The molecule has 0 fully saturated rings. The van der Waals surface area contributed by atoms with Crippen molar-refractivity contribution >= 4 is 0 Å².